The molecule has 2 rings (SSSR count). The Morgan fingerprint density at radius 1 is 1.48 bits per heavy atom. The third-order valence-corrected chi connectivity index (χ3v) is 3.82. The number of pyridine rings is 1. The van der Waals surface area contributed by atoms with Crippen LogP contribution in [0.1, 0.15) is 56.3 Å². The number of hydrogen-bond donors (Lipinski definition) is 2. The highest BCUT2D eigenvalue weighted by molar-refractivity contribution is 5.95. The molecule has 2 N–H and O–H groups in total. The lowest BCUT2D eigenvalue weighted by molar-refractivity contribution is 0.0928. The first kappa shape index (κ1) is 15.7. The zero-order chi connectivity index (χ0) is 15.2. The summed E-state index contributed by atoms with van der Waals surface area (Å²) in [5.41, 5.74) is 0.0675. The van der Waals surface area contributed by atoms with Crippen LogP contribution in [0.25, 0.3) is 0 Å². The molecule has 1 fully saturated rings. The highest BCUT2D eigenvalue weighted by Crippen LogP contribution is 2.34. The summed E-state index contributed by atoms with van der Waals surface area (Å²) in [4.78, 5) is 16.2. The van der Waals surface area contributed by atoms with Gasteiger partial charge in [-0.15, -0.1) is 0 Å². The second-order valence-corrected chi connectivity index (χ2v) is 5.71. The molecule has 0 spiro atoms. The van der Waals surface area contributed by atoms with E-state index in [9.17, 15) is 9.18 Å². The van der Waals surface area contributed by atoms with Crippen molar-refractivity contribution in [2.45, 2.75) is 52.0 Å². The van der Waals surface area contributed by atoms with E-state index >= 15 is 0 Å². The van der Waals surface area contributed by atoms with Crippen molar-refractivity contribution in [2.75, 3.05) is 11.9 Å². The number of hydrogen-bond acceptors (Lipinski definition) is 3. The van der Waals surface area contributed by atoms with E-state index in [2.05, 4.69) is 15.6 Å². The number of nitrogens with one attached hydrogen (secondary N) is 2. The normalized spacial score (nSPS) is 15.6. The molecule has 0 aromatic carbocycles. The fourth-order valence-corrected chi connectivity index (χ4v) is 2.33. The average Bonchev–Trinajstić information content (AvgIpc) is 3.29. The maximum absolute atomic E-state index is 14.3. The van der Waals surface area contributed by atoms with Crippen molar-refractivity contribution in [2.24, 2.45) is 5.92 Å². The van der Waals surface area contributed by atoms with Gasteiger partial charge in [0.1, 0.15) is 0 Å². The van der Waals surface area contributed by atoms with Gasteiger partial charge in [0, 0.05) is 18.8 Å². The SMILES string of the molecule is CCCNc1nccc(C(=O)NC(CC)CC2CC2)c1F. The maximum Gasteiger partial charge on any atom is 0.254 e. The van der Waals surface area contributed by atoms with Crippen LogP contribution in [-0.4, -0.2) is 23.5 Å². The molecule has 4 nitrogen and oxygen atoms in total. The molecule has 0 radical (unpaired) electrons. The van der Waals surface area contributed by atoms with Crippen LogP contribution < -0.4 is 10.6 Å². The van der Waals surface area contributed by atoms with Crippen LogP contribution in [0.4, 0.5) is 10.2 Å². The molecule has 21 heavy (non-hydrogen) atoms. The molecular weight excluding hydrogens is 269 g/mol. The third-order valence-electron chi connectivity index (χ3n) is 3.82. The van der Waals surface area contributed by atoms with Crippen LogP contribution >= 0.6 is 0 Å². The van der Waals surface area contributed by atoms with Crippen molar-refractivity contribution < 1.29 is 9.18 Å². The first-order valence-electron chi connectivity index (χ1n) is 7.84. The largest absolute Gasteiger partial charge is 0.368 e. The van der Waals surface area contributed by atoms with Gasteiger partial charge in [0.05, 0.1) is 5.56 Å². The van der Waals surface area contributed by atoms with Gasteiger partial charge in [-0.25, -0.2) is 9.37 Å². The van der Waals surface area contributed by atoms with E-state index in [-0.39, 0.29) is 23.3 Å². The summed E-state index contributed by atoms with van der Waals surface area (Å²) in [6, 6.07) is 1.57. The van der Waals surface area contributed by atoms with Crippen molar-refractivity contribution in [3.63, 3.8) is 0 Å². The van der Waals surface area contributed by atoms with Gasteiger partial charge in [-0.2, -0.15) is 0 Å². The quantitative estimate of drug-likeness (QED) is 0.773. The number of halogens is 1. The predicted octanol–water partition coefficient (Wildman–Crippen LogP) is 3.35. The zero-order valence-electron chi connectivity index (χ0n) is 12.8. The van der Waals surface area contributed by atoms with Crippen molar-refractivity contribution in [3.05, 3.63) is 23.6 Å². The summed E-state index contributed by atoms with van der Waals surface area (Å²) in [6.45, 7) is 4.67. The molecule has 1 aliphatic rings. The van der Waals surface area contributed by atoms with Crippen molar-refractivity contribution >= 4 is 11.7 Å². The van der Waals surface area contributed by atoms with E-state index < -0.39 is 5.82 Å². The van der Waals surface area contributed by atoms with E-state index in [0.717, 1.165) is 25.2 Å². The fourth-order valence-electron chi connectivity index (χ4n) is 2.33. The first-order valence-corrected chi connectivity index (χ1v) is 7.84. The van der Waals surface area contributed by atoms with Crippen LogP contribution in [0.2, 0.25) is 0 Å². The summed E-state index contributed by atoms with van der Waals surface area (Å²) in [7, 11) is 0. The fraction of sp³-hybridized carbons (Fsp3) is 0.625. The minimum absolute atomic E-state index is 0.0675. The molecule has 1 atom stereocenters. The Balaban J connectivity index is 2.03. The van der Waals surface area contributed by atoms with Gasteiger partial charge in [-0.1, -0.05) is 26.7 Å². The number of aromatic nitrogens is 1. The maximum atomic E-state index is 14.3. The van der Waals surface area contributed by atoms with Gasteiger partial charge < -0.3 is 10.6 Å². The monoisotopic (exact) mass is 293 g/mol. The molecule has 0 saturated heterocycles. The van der Waals surface area contributed by atoms with Gasteiger partial charge in [0.15, 0.2) is 11.6 Å². The lowest BCUT2D eigenvalue weighted by atomic mass is 10.1. The van der Waals surface area contributed by atoms with E-state index in [4.69, 9.17) is 0 Å². The second kappa shape index (κ2) is 7.38. The number of carbonyl (C=O) groups is 1. The highest BCUT2D eigenvalue weighted by atomic mass is 19.1. The molecule has 1 unspecified atom stereocenters. The summed E-state index contributed by atoms with van der Waals surface area (Å²) in [5.74, 6) is -0.0225. The second-order valence-electron chi connectivity index (χ2n) is 5.71. The van der Waals surface area contributed by atoms with Crippen LogP contribution in [0.5, 0.6) is 0 Å². The summed E-state index contributed by atoms with van der Waals surface area (Å²) in [5, 5.41) is 5.85. The van der Waals surface area contributed by atoms with Gasteiger partial charge in [0.2, 0.25) is 0 Å². The molecule has 1 aromatic rings. The van der Waals surface area contributed by atoms with E-state index in [0.29, 0.717) is 6.54 Å². The van der Waals surface area contributed by atoms with Crippen LogP contribution in [0, 0.1) is 11.7 Å². The van der Waals surface area contributed by atoms with Crippen LogP contribution in [0.15, 0.2) is 12.3 Å². The summed E-state index contributed by atoms with van der Waals surface area (Å²) >= 11 is 0. The molecule has 5 heteroatoms. The number of nitrogens with zero attached hydrogens (tertiary/aromatic N) is 1. The minimum atomic E-state index is -0.565. The van der Waals surface area contributed by atoms with Crippen molar-refractivity contribution in [1.29, 1.82) is 0 Å². The van der Waals surface area contributed by atoms with Crippen molar-refractivity contribution in [3.8, 4) is 0 Å². The molecule has 1 amide bonds. The topological polar surface area (TPSA) is 54.0 Å². The van der Waals surface area contributed by atoms with Gasteiger partial charge in [0.25, 0.3) is 5.91 Å². The molecule has 1 aromatic heterocycles. The van der Waals surface area contributed by atoms with E-state index in [1.165, 1.54) is 25.1 Å². The predicted molar refractivity (Wildman–Crippen MR) is 81.9 cm³/mol. The number of carbonyl (C=O) groups excluding carboxylic acids is 1. The van der Waals surface area contributed by atoms with Gasteiger partial charge >= 0.3 is 0 Å². The lowest BCUT2D eigenvalue weighted by Crippen LogP contribution is -2.35. The van der Waals surface area contributed by atoms with Gasteiger partial charge in [-0.3, -0.25) is 4.79 Å². The molecule has 1 saturated carbocycles. The highest BCUT2D eigenvalue weighted by Gasteiger charge is 2.26. The molecule has 116 valence electrons. The van der Waals surface area contributed by atoms with E-state index in [1.807, 2.05) is 13.8 Å². The molecule has 0 bridgehead atoms. The van der Waals surface area contributed by atoms with Gasteiger partial charge in [-0.05, 0) is 31.2 Å². The molecule has 1 aliphatic carbocycles. The Morgan fingerprint density at radius 2 is 2.24 bits per heavy atom. The van der Waals surface area contributed by atoms with E-state index in [1.54, 1.807) is 0 Å². The van der Waals surface area contributed by atoms with Crippen molar-refractivity contribution in [1.82, 2.24) is 10.3 Å². The van der Waals surface area contributed by atoms with Crippen LogP contribution in [0.3, 0.4) is 0 Å². The number of amides is 1. The molecule has 1 heterocycles. The summed E-state index contributed by atoms with van der Waals surface area (Å²) in [6.07, 6.45) is 6.71. The smallest absolute Gasteiger partial charge is 0.254 e. The molecular formula is C16H24FN3O. The Kier molecular flexibility index (Phi) is 5.53. The average molecular weight is 293 g/mol. The Hall–Kier alpha value is -1.65. The minimum Gasteiger partial charge on any atom is -0.368 e. The summed E-state index contributed by atoms with van der Waals surface area (Å²) < 4.78 is 14.3. The standard InChI is InChI=1S/C16H24FN3O/c1-3-8-18-15-14(17)13(7-9-19-15)16(21)20-12(4-2)10-11-5-6-11/h7,9,11-12H,3-6,8,10H2,1-2H3,(H,18,19)(H,20,21). The Morgan fingerprint density at radius 3 is 2.86 bits per heavy atom. The molecule has 0 aliphatic heterocycles. The number of rotatable bonds is 8. The third kappa shape index (κ3) is 4.41. The first-order chi connectivity index (χ1) is 10.2. The van der Waals surface area contributed by atoms with Crippen LogP contribution in [-0.2, 0) is 0 Å². The lowest BCUT2D eigenvalue weighted by Gasteiger charge is -2.17. The Bertz CT molecular complexity index is 488. The number of anilines is 1. The zero-order valence-corrected chi connectivity index (χ0v) is 12.8. The Labute approximate surface area is 125 Å².